The van der Waals surface area contributed by atoms with Crippen LogP contribution in [0.5, 0.6) is 0 Å². The lowest BCUT2D eigenvalue weighted by atomic mass is 9.99. The third-order valence-corrected chi connectivity index (χ3v) is 2.80. The van der Waals surface area contributed by atoms with Crippen LogP contribution in [0, 0.1) is 5.92 Å². The highest BCUT2D eigenvalue weighted by Crippen LogP contribution is 2.22. The van der Waals surface area contributed by atoms with Gasteiger partial charge in [-0.05, 0) is 41.3 Å². The van der Waals surface area contributed by atoms with Crippen molar-refractivity contribution >= 4 is 11.3 Å². The van der Waals surface area contributed by atoms with E-state index < -0.39 is 0 Å². The van der Waals surface area contributed by atoms with E-state index in [9.17, 15) is 0 Å². The number of thiophene rings is 1. The normalized spacial score (nSPS) is 13.5. The summed E-state index contributed by atoms with van der Waals surface area (Å²) in [6.45, 7) is 7.76. The summed E-state index contributed by atoms with van der Waals surface area (Å²) in [6.07, 6.45) is 1.23. The van der Waals surface area contributed by atoms with Gasteiger partial charge >= 0.3 is 0 Å². The fraction of sp³-hybridized carbons (Fsp3) is 0.636. The van der Waals surface area contributed by atoms with Crippen LogP contribution in [-0.4, -0.2) is 6.54 Å². The van der Waals surface area contributed by atoms with Crippen LogP contribution in [0.15, 0.2) is 16.8 Å². The summed E-state index contributed by atoms with van der Waals surface area (Å²) < 4.78 is 0. The van der Waals surface area contributed by atoms with Gasteiger partial charge in [0.1, 0.15) is 0 Å². The molecular formula is C11H19NS. The van der Waals surface area contributed by atoms with Crippen LogP contribution < -0.4 is 5.32 Å². The van der Waals surface area contributed by atoms with E-state index >= 15 is 0 Å². The minimum Gasteiger partial charge on any atom is -0.310 e. The molecule has 1 N–H and O–H groups in total. The molecule has 1 nitrogen and oxygen atoms in total. The Balaban J connectivity index is 2.57. The third-order valence-electron chi connectivity index (χ3n) is 2.10. The first-order chi connectivity index (χ1) is 6.24. The monoisotopic (exact) mass is 197 g/mol. The van der Waals surface area contributed by atoms with Crippen molar-refractivity contribution in [2.45, 2.75) is 33.2 Å². The van der Waals surface area contributed by atoms with Crippen molar-refractivity contribution in [3.8, 4) is 0 Å². The summed E-state index contributed by atoms with van der Waals surface area (Å²) in [7, 11) is 0. The van der Waals surface area contributed by atoms with Crippen LogP contribution in [-0.2, 0) is 0 Å². The minimum atomic E-state index is 0.552. The van der Waals surface area contributed by atoms with Gasteiger partial charge in [-0.25, -0.2) is 0 Å². The van der Waals surface area contributed by atoms with Crippen molar-refractivity contribution in [3.63, 3.8) is 0 Å². The molecule has 0 aliphatic carbocycles. The Kier molecular flexibility index (Phi) is 4.46. The predicted molar refractivity (Wildman–Crippen MR) is 60.2 cm³/mol. The van der Waals surface area contributed by atoms with Crippen molar-refractivity contribution in [2.75, 3.05) is 6.54 Å². The predicted octanol–water partition coefficient (Wildman–Crippen LogP) is 3.44. The molecule has 1 aromatic heterocycles. The molecule has 1 atom stereocenters. The molecule has 13 heavy (non-hydrogen) atoms. The zero-order valence-corrected chi connectivity index (χ0v) is 9.53. The first-order valence-electron chi connectivity index (χ1n) is 4.99. The van der Waals surface area contributed by atoms with E-state index in [1.54, 1.807) is 11.3 Å². The van der Waals surface area contributed by atoms with E-state index in [0.717, 1.165) is 12.5 Å². The molecule has 0 spiro atoms. The zero-order chi connectivity index (χ0) is 9.68. The van der Waals surface area contributed by atoms with Gasteiger partial charge in [0.05, 0.1) is 0 Å². The van der Waals surface area contributed by atoms with Crippen LogP contribution in [0.2, 0.25) is 0 Å². The molecule has 0 aromatic carbocycles. The maximum Gasteiger partial charge on any atom is 0.0330 e. The van der Waals surface area contributed by atoms with Crippen LogP contribution in [0.25, 0.3) is 0 Å². The van der Waals surface area contributed by atoms with E-state index in [-0.39, 0.29) is 0 Å². The molecule has 0 fully saturated rings. The molecule has 1 unspecified atom stereocenters. The molecule has 2 heteroatoms. The Bertz CT molecular complexity index is 216. The highest BCUT2D eigenvalue weighted by molar-refractivity contribution is 7.07. The second kappa shape index (κ2) is 5.40. The average molecular weight is 197 g/mol. The maximum atomic E-state index is 3.52. The summed E-state index contributed by atoms with van der Waals surface area (Å²) in [6, 6.07) is 2.77. The van der Waals surface area contributed by atoms with Crippen LogP contribution in [0.3, 0.4) is 0 Å². The molecule has 0 amide bonds. The van der Waals surface area contributed by atoms with Crippen LogP contribution >= 0.6 is 11.3 Å². The van der Waals surface area contributed by atoms with E-state index in [0.29, 0.717) is 6.04 Å². The second-order valence-corrected chi connectivity index (χ2v) is 4.58. The van der Waals surface area contributed by atoms with Gasteiger partial charge in [-0.3, -0.25) is 0 Å². The van der Waals surface area contributed by atoms with Gasteiger partial charge in [-0.2, -0.15) is 11.3 Å². The van der Waals surface area contributed by atoms with Gasteiger partial charge in [0.15, 0.2) is 0 Å². The van der Waals surface area contributed by atoms with E-state index in [1.165, 1.54) is 12.0 Å². The fourth-order valence-electron chi connectivity index (χ4n) is 1.53. The van der Waals surface area contributed by atoms with Crippen molar-refractivity contribution < 1.29 is 0 Å². The topological polar surface area (TPSA) is 12.0 Å². The molecule has 0 saturated carbocycles. The van der Waals surface area contributed by atoms with Gasteiger partial charge < -0.3 is 5.32 Å². The standard InChI is InChI=1S/C11H19NS/c1-4-12-11(7-9(2)3)10-5-6-13-8-10/h5-6,8-9,11-12H,4,7H2,1-3H3. The molecule has 0 aliphatic heterocycles. The van der Waals surface area contributed by atoms with Crippen molar-refractivity contribution in [1.29, 1.82) is 0 Å². The summed E-state index contributed by atoms with van der Waals surface area (Å²) >= 11 is 1.78. The van der Waals surface area contributed by atoms with E-state index in [2.05, 4.69) is 42.9 Å². The molecule has 1 heterocycles. The molecule has 1 aromatic rings. The van der Waals surface area contributed by atoms with E-state index in [1.807, 2.05) is 0 Å². The van der Waals surface area contributed by atoms with Crippen LogP contribution in [0.1, 0.15) is 38.8 Å². The lowest BCUT2D eigenvalue weighted by molar-refractivity contribution is 0.439. The van der Waals surface area contributed by atoms with Gasteiger partial charge in [-0.1, -0.05) is 20.8 Å². The molecule has 74 valence electrons. The molecular weight excluding hydrogens is 178 g/mol. The van der Waals surface area contributed by atoms with Gasteiger partial charge in [-0.15, -0.1) is 0 Å². The highest BCUT2D eigenvalue weighted by atomic mass is 32.1. The highest BCUT2D eigenvalue weighted by Gasteiger charge is 2.11. The van der Waals surface area contributed by atoms with Gasteiger partial charge in [0.2, 0.25) is 0 Å². The minimum absolute atomic E-state index is 0.552. The van der Waals surface area contributed by atoms with Crippen molar-refractivity contribution in [2.24, 2.45) is 5.92 Å². The van der Waals surface area contributed by atoms with Gasteiger partial charge in [0, 0.05) is 6.04 Å². The molecule has 0 aliphatic rings. The number of hydrogen-bond donors (Lipinski definition) is 1. The summed E-state index contributed by atoms with van der Waals surface area (Å²) in [5.41, 5.74) is 1.44. The Labute approximate surface area is 85.2 Å². The first kappa shape index (κ1) is 10.7. The Hall–Kier alpha value is -0.340. The Morgan fingerprint density at radius 3 is 2.69 bits per heavy atom. The van der Waals surface area contributed by atoms with Gasteiger partial charge in [0.25, 0.3) is 0 Å². The number of nitrogens with one attached hydrogen (secondary N) is 1. The Morgan fingerprint density at radius 2 is 2.23 bits per heavy atom. The third kappa shape index (κ3) is 3.49. The van der Waals surface area contributed by atoms with E-state index in [4.69, 9.17) is 0 Å². The SMILES string of the molecule is CCNC(CC(C)C)c1ccsc1. The second-order valence-electron chi connectivity index (χ2n) is 3.80. The van der Waals surface area contributed by atoms with Crippen LogP contribution in [0.4, 0.5) is 0 Å². The molecule has 0 saturated heterocycles. The lowest BCUT2D eigenvalue weighted by Gasteiger charge is -2.18. The Morgan fingerprint density at radius 1 is 1.46 bits per heavy atom. The quantitative estimate of drug-likeness (QED) is 0.762. The zero-order valence-electron chi connectivity index (χ0n) is 8.71. The number of hydrogen-bond acceptors (Lipinski definition) is 2. The lowest BCUT2D eigenvalue weighted by Crippen LogP contribution is -2.21. The van der Waals surface area contributed by atoms with Crippen molar-refractivity contribution in [3.05, 3.63) is 22.4 Å². The molecule has 0 radical (unpaired) electrons. The smallest absolute Gasteiger partial charge is 0.0330 e. The average Bonchev–Trinajstić information content (AvgIpc) is 2.54. The maximum absolute atomic E-state index is 3.52. The first-order valence-corrected chi connectivity index (χ1v) is 5.93. The summed E-state index contributed by atoms with van der Waals surface area (Å²) in [4.78, 5) is 0. The fourth-order valence-corrected chi connectivity index (χ4v) is 2.24. The summed E-state index contributed by atoms with van der Waals surface area (Å²) in [5.74, 6) is 0.754. The molecule has 1 rings (SSSR count). The summed E-state index contributed by atoms with van der Waals surface area (Å²) in [5, 5.41) is 7.92. The largest absolute Gasteiger partial charge is 0.310 e. The van der Waals surface area contributed by atoms with Crippen molar-refractivity contribution in [1.82, 2.24) is 5.32 Å². The molecule has 0 bridgehead atoms. The number of rotatable bonds is 5.